The molecule has 2 aromatic heterocycles. The van der Waals surface area contributed by atoms with Gasteiger partial charge in [0.05, 0.1) is 11.2 Å². The molecule has 0 bridgehead atoms. The summed E-state index contributed by atoms with van der Waals surface area (Å²) in [5.41, 5.74) is 5.71. The van der Waals surface area contributed by atoms with Gasteiger partial charge in [-0.25, -0.2) is 13.4 Å². The molecule has 3 aromatic rings. The lowest BCUT2D eigenvalue weighted by atomic mass is 10.2. The second kappa shape index (κ2) is 6.16. The highest BCUT2D eigenvalue weighted by molar-refractivity contribution is 7.92. The fourth-order valence-corrected chi connectivity index (χ4v) is 3.39. The molecule has 1 aromatic carbocycles. The highest BCUT2D eigenvalue weighted by Crippen LogP contribution is 2.20. The molecule has 24 heavy (non-hydrogen) atoms. The number of sulfonamides is 1. The van der Waals surface area contributed by atoms with Crippen LogP contribution in [0.25, 0.3) is 0 Å². The van der Waals surface area contributed by atoms with Crippen LogP contribution in [0.3, 0.4) is 0 Å². The van der Waals surface area contributed by atoms with Gasteiger partial charge in [0.15, 0.2) is 5.82 Å². The van der Waals surface area contributed by atoms with Gasteiger partial charge < -0.3 is 10.3 Å². The van der Waals surface area contributed by atoms with Crippen LogP contribution in [0, 0.1) is 0 Å². The van der Waals surface area contributed by atoms with Crippen LogP contribution in [0.1, 0.15) is 16.1 Å². The van der Waals surface area contributed by atoms with E-state index >= 15 is 0 Å². The Morgan fingerprint density at radius 2 is 2.12 bits per heavy atom. The van der Waals surface area contributed by atoms with Crippen LogP contribution in [0.5, 0.6) is 0 Å². The molecular weight excluding hydrogens is 332 g/mol. The number of aromatic amines is 1. The third-order valence-corrected chi connectivity index (χ3v) is 4.71. The monoisotopic (exact) mass is 346 g/mol. The minimum Gasteiger partial charge on any atom is -0.364 e. The molecule has 10 heteroatoms. The first-order valence-corrected chi connectivity index (χ1v) is 8.36. The number of hydrogen-bond donors (Lipinski definition) is 3. The molecule has 4 N–H and O–H groups in total. The van der Waals surface area contributed by atoms with Crippen molar-refractivity contribution in [3.8, 4) is 0 Å². The van der Waals surface area contributed by atoms with Crippen molar-refractivity contribution in [2.45, 2.75) is 11.4 Å². The Morgan fingerprint density at radius 1 is 1.33 bits per heavy atom. The maximum atomic E-state index is 12.6. The number of H-pyrrole nitrogens is 1. The lowest BCUT2D eigenvalue weighted by molar-refractivity contribution is 0.0995. The van der Waals surface area contributed by atoms with Crippen LogP contribution in [0.15, 0.2) is 53.9 Å². The highest BCUT2D eigenvalue weighted by atomic mass is 32.2. The van der Waals surface area contributed by atoms with Crippen molar-refractivity contribution >= 4 is 21.7 Å². The van der Waals surface area contributed by atoms with Crippen LogP contribution in [0.2, 0.25) is 0 Å². The minimum absolute atomic E-state index is 0.0127. The van der Waals surface area contributed by atoms with Gasteiger partial charge in [-0.05, 0) is 11.6 Å². The summed E-state index contributed by atoms with van der Waals surface area (Å²) in [6.07, 6.45) is 4.96. The van der Waals surface area contributed by atoms with E-state index in [1.165, 1.54) is 12.1 Å². The first kappa shape index (κ1) is 15.7. The average molecular weight is 346 g/mol. The summed E-state index contributed by atoms with van der Waals surface area (Å²) < 4.78 is 29.3. The second-order valence-electron chi connectivity index (χ2n) is 4.98. The molecule has 1 amide bonds. The summed E-state index contributed by atoms with van der Waals surface area (Å²) in [6.45, 7) is 0.351. The molecule has 0 spiro atoms. The van der Waals surface area contributed by atoms with Gasteiger partial charge >= 0.3 is 0 Å². The fourth-order valence-electron chi connectivity index (χ4n) is 2.17. The number of anilines is 1. The Morgan fingerprint density at radius 3 is 2.79 bits per heavy atom. The number of aromatic nitrogens is 4. The van der Waals surface area contributed by atoms with E-state index in [4.69, 9.17) is 5.73 Å². The summed E-state index contributed by atoms with van der Waals surface area (Å²) in [4.78, 5) is 15.1. The topological polar surface area (TPSA) is 136 Å². The molecule has 3 rings (SSSR count). The Hall–Kier alpha value is -3.14. The first-order chi connectivity index (χ1) is 11.5. The number of primary amides is 1. The minimum atomic E-state index is -3.88. The molecule has 124 valence electrons. The molecule has 0 saturated carbocycles. The third-order valence-electron chi connectivity index (χ3n) is 3.26. The zero-order valence-electron chi connectivity index (χ0n) is 12.4. The molecule has 0 radical (unpaired) electrons. The molecule has 0 saturated heterocycles. The van der Waals surface area contributed by atoms with Crippen molar-refractivity contribution in [1.82, 2.24) is 19.7 Å². The smallest absolute Gasteiger partial charge is 0.266 e. The zero-order valence-corrected chi connectivity index (χ0v) is 13.2. The molecule has 2 heterocycles. The largest absolute Gasteiger partial charge is 0.364 e. The van der Waals surface area contributed by atoms with Crippen LogP contribution < -0.4 is 10.5 Å². The van der Waals surface area contributed by atoms with Gasteiger partial charge in [-0.15, -0.1) is 0 Å². The van der Waals surface area contributed by atoms with Crippen molar-refractivity contribution < 1.29 is 13.2 Å². The standard InChI is InChI=1S/C14H14N6O3S/c15-14(21)11-7-13(18-17-11)19-24(22,23)12-4-2-1-3-10(12)8-20-6-5-16-9-20/h1-7,9H,8H2,(H2,15,21)(H2,17,18,19). The van der Waals surface area contributed by atoms with E-state index in [1.807, 2.05) is 0 Å². The summed E-state index contributed by atoms with van der Waals surface area (Å²) >= 11 is 0. The highest BCUT2D eigenvalue weighted by Gasteiger charge is 2.20. The Bertz CT molecular complexity index is 962. The number of hydrogen-bond acceptors (Lipinski definition) is 5. The van der Waals surface area contributed by atoms with Gasteiger partial charge in [0.2, 0.25) is 0 Å². The van der Waals surface area contributed by atoms with E-state index in [-0.39, 0.29) is 16.4 Å². The van der Waals surface area contributed by atoms with Gasteiger partial charge in [0, 0.05) is 25.0 Å². The molecule has 0 unspecified atom stereocenters. The zero-order chi connectivity index (χ0) is 17.2. The van der Waals surface area contributed by atoms with Crippen LogP contribution in [-0.4, -0.2) is 34.1 Å². The number of nitrogens with zero attached hydrogens (tertiary/aromatic N) is 3. The van der Waals surface area contributed by atoms with E-state index in [1.54, 1.807) is 41.5 Å². The summed E-state index contributed by atoms with van der Waals surface area (Å²) in [5, 5.41) is 6.09. The maximum absolute atomic E-state index is 12.6. The number of rotatable bonds is 6. The summed E-state index contributed by atoms with van der Waals surface area (Å²) in [5.74, 6) is -0.741. The van der Waals surface area contributed by atoms with Crippen molar-refractivity contribution in [3.05, 3.63) is 60.3 Å². The molecule has 0 atom stereocenters. The molecule has 0 fully saturated rings. The molecular formula is C14H14N6O3S. The fraction of sp³-hybridized carbons (Fsp3) is 0.0714. The molecule has 0 aliphatic heterocycles. The van der Waals surface area contributed by atoms with E-state index in [2.05, 4.69) is 19.9 Å². The number of nitrogens with one attached hydrogen (secondary N) is 2. The normalized spacial score (nSPS) is 11.3. The number of nitrogens with two attached hydrogens (primary N) is 1. The summed E-state index contributed by atoms with van der Waals surface area (Å²) in [7, 11) is -3.88. The average Bonchev–Trinajstić information content (AvgIpc) is 3.19. The van der Waals surface area contributed by atoms with Crippen LogP contribution in [0.4, 0.5) is 5.82 Å². The number of amides is 1. The molecule has 0 aliphatic carbocycles. The van der Waals surface area contributed by atoms with E-state index in [9.17, 15) is 13.2 Å². The lowest BCUT2D eigenvalue weighted by Gasteiger charge is -2.11. The predicted octanol–water partition coefficient (Wildman–Crippen LogP) is 0.554. The SMILES string of the molecule is NC(=O)c1cc(NS(=O)(=O)c2ccccc2Cn2ccnc2)n[nH]1. The number of carbonyl (C=O) groups excluding carboxylic acids is 1. The van der Waals surface area contributed by atoms with Gasteiger partial charge in [0.1, 0.15) is 5.69 Å². The molecule has 9 nitrogen and oxygen atoms in total. The Labute approximate surface area is 137 Å². The quantitative estimate of drug-likeness (QED) is 0.599. The van der Waals surface area contributed by atoms with Crippen molar-refractivity contribution in [2.24, 2.45) is 5.73 Å². The first-order valence-electron chi connectivity index (χ1n) is 6.87. The Kier molecular flexibility index (Phi) is 4.04. The lowest BCUT2D eigenvalue weighted by Crippen LogP contribution is -2.16. The van der Waals surface area contributed by atoms with E-state index < -0.39 is 15.9 Å². The van der Waals surface area contributed by atoms with E-state index in [0.717, 1.165) is 0 Å². The number of carbonyl (C=O) groups is 1. The van der Waals surface area contributed by atoms with Gasteiger partial charge in [-0.3, -0.25) is 14.6 Å². The van der Waals surface area contributed by atoms with Gasteiger partial charge in [0.25, 0.3) is 15.9 Å². The number of imidazole rings is 1. The molecule has 0 aliphatic rings. The van der Waals surface area contributed by atoms with Crippen LogP contribution >= 0.6 is 0 Å². The predicted molar refractivity (Wildman–Crippen MR) is 85.7 cm³/mol. The van der Waals surface area contributed by atoms with Gasteiger partial charge in [-0.1, -0.05) is 18.2 Å². The second-order valence-corrected chi connectivity index (χ2v) is 6.63. The maximum Gasteiger partial charge on any atom is 0.266 e. The number of benzene rings is 1. The van der Waals surface area contributed by atoms with E-state index in [0.29, 0.717) is 12.1 Å². The van der Waals surface area contributed by atoms with Gasteiger partial charge in [-0.2, -0.15) is 5.10 Å². The third kappa shape index (κ3) is 3.27. The van der Waals surface area contributed by atoms with Crippen molar-refractivity contribution in [2.75, 3.05) is 4.72 Å². The van der Waals surface area contributed by atoms with Crippen LogP contribution in [-0.2, 0) is 16.6 Å². The van der Waals surface area contributed by atoms with Crippen molar-refractivity contribution in [1.29, 1.82) is 0 Å². The Balaban J connectivity index is 1.90. The summed E-state index contributed by atoms with van der Waals surface area (Å²) in [6, 6.07) is 7.83. The van der Waals surface area contributed by atoms with Crippen molar-refractivity contribution in [3.63, 3.8) is 0 Å².